The van der Waals surface area contributed by atoms with Crippen LogP contribution in [0.5, 0.6) is 0 Å². The summed E-state index contributed by atoms with van der Waals surface area (Å²) >= 11 is 0. The highest BCUT2D eigenvalue weighted by Gasteiger charge is 2.23. The minimum atomic E-state index is -0.616. The lowest BCUT2D eigenvalue weighted by molar-refractivity contribution is 0.0946. The largest absolute Gasteiger partial charge is 0.348 e. The Balaban J connectivity index is 1.66. The van der Waals surface area contributed by atoms with Crippen molar-refractivity contribution in [3.63, 3.8) is 0 Å². The fraction of sp³-hybridized carbons (Fsp3) is 0.267. The van der Waals surface area contributed by atoms with Crippen molar-refractivity contribution < 1.29 is 9.18 Å². The Hall–Kier alpha value is -2.30. The molecule has 2 aromatic rings. The summed E-state index contributed by atoms with van der Waals surface area (Å²) in [5.74, 6) is -0.438. The summed E-state index contributed by atoms with van der Waals surface area (Å²) in [6, 6.07) is 3.41. The van der Waals surface area contributed by atoms with Crippen LogP contribution in [0.4, 0.5) is 4.39 Å². The van der Waals surface area contributed by atoms with Gasteiger partial charge in [0.25, 0.3) is 5.91 Å². The molecule has 1 aliphatic carbocycles. The fourth-order valence-corrected chi connectivity index (χ4v) is 2.08. The van der Waals surface area contributed by atoms with E-state index in [4.69, 9.17) is 0 Å². The van der Waals surface area contributed by atoms with E-state index in [2.05, 4.69) is 15.3 Å². The number of nitrogens with one attached hydrogen (secondary N) is 1. The monoisotopic (exact) mass is 271 g/mol. The lowest BCUT2D eigenvalue weighted by Gasteiger charge is -2.07. The number of nitrogens with zero attached hydrogens (tertiary/aromatic N) is 2. The Labute approximate surface area is 116 Å². The van der Waals surface area contributed by atoms with Crippen molar-refractivity contribution in [2.45, 2.75) is 25.3 Å². The van der Waals surface area contributed by atoms with Gasteiger partial charge in [0.2, 0.25) is 0 Å². The van der Waals surface area contributed by atoms with E-state index in [1.54, 1.807) is 6.20 Å². The standard InChI is InChI=1S/C15H14FN3O/c16-14-9-17-4-3-13(14)15(20)19-7-10-5-12(8-18-6-10)11-1-2-11/h3-6,8-9,11H,1-2,7H2,(H,19,20). The second-order valence-corrected chi connectivity index (χ2v) is 4.94. The molecule has 0 spiro atoms. The average Bonchev–Trinajstić information content (AvgIpc) is 3.30. The van der Waals surface area contributed by atoms with E-state index in [0.29, 0.717) is 12.5 Å². The first kappa shape index (κ1) is 12.7. The maximum atomic E-state index is 13.4. The second-order valence-electron chi connectivity index (χ2n) is 4.94. The first-order valence-corrected chi connectivity index (χ1v) is 6.55. The summed E-state index contributed by atoms with van der Waals surface area (Å²) in [4.78, 5) is 19.7. The number of rotatable bonds is 4. The Kier molecular flexibility index (Phi) is 3.41. The molecule has 5 heteroatoms. The van der Waals surface area contributed by atoms with Crippen molar-refractivity contribution in [3.05, 3.63) is 59.4 Å². The molecule has 0 bridgehead atoms. The summed E-state index contributed by atoms with van der Waals surface area (Å²) in [6.45, 7) is 0.341. The molecule has 0 atom stereocenters. The minimum absolute atomic E-state index is 0.00584. The van der Waals surface area contributed by atoms with Crippen LogP contribution in [0.1, 0.15) is 40.2 Å². The van der Waals surface area contributed by atoms with E-state index in [-0.39, 0.29) is 5.56 Å². The predicted molar refractivity (Wildman–Crippen MR) is 71.6 cm³/mol. The highest BCUT2D eigenvalue weighted by atomic mass is 19.1. The van der Waals surface area contributed by atoms with Crippen molar-refractivity contribution in [2.24, 2.45) is 0 Å². The number of amides is 1. The summed E-state index contributed by atoms with van der Waals surface area (Å²) in [5, 5.41) is 2.70. The Morgan fingerprint density at radius 3 is 2.90 bits per heavy atom. The zero-order valence-corrected chi connectivity index (χ0v) is 10.8. The van der Waals surface area contributed by atoms with Gasteiger partial charge in [-0.15, -0.1) is 0 Å². The summed E-state index contributed by atoms with van der Waals surface area (Å²) in [5.41, 5.74) is 2.15. The molecule has 0 aliphatic heterocycles. The Morgan fingerprint density at radius 1 is 1.30 bits per heavy atom. The van der Waals surface area contributed by atoms with Gasteiger partial charge in [-0.3, -0.25) is 14.8 Å². The van der Waals surface area contributed by atoms with Gasteiger partial charge < -0.3 is 5.32 Å². The molecule has 4 nitrogen and oxygen atoms in total. The van der Waals surface area contributed by atoms with E-state index in [1.165, 1.54) is 30.7 Å². The second kappa shape index (κ2) is 5.36. The van der Waals surface area contributed by atoms with E-state index < -0.39 is 11.7 Å². The third-order valence-corrected chi connectivity index (χ3v) is 3.33. The van der Waals surface area contributed by atoms with Gasteiger partial charge in [0.05, 0.1) is 11.8 Å². The maximum absolute atomic E-state index is 13.4. The summed E-state index contributed by atoms with van der Waals surface area (Å²) in [6.07, 6.45) is 8.43. The van der Waals surface area contributed by atoms with Crippen molar-refractivity contribution in [2.75, 3.05) is 0 Å². The van der Waals surface area contributed by atoms with Crippen LogP contribution in [0.3, 0.4) is 0 Å². The molecule has 0 radical (unpaired) electrons. The molecule has 1 aliphatic rings. The van der Waals surface area contributed by atoms with Crippen LogP contribution in [-0.2, 0) is 6.54 Å². The van der Waals surface area contributed by atoms with Crippen LogP contribution >= 0.6 is 0 Å². The lowest BCUT2D eigenvalue weighted by atomic mass is 10.1. The normalized spacial score (nSPS) is 14.1. The first-order chi connectivity index (χ1) is 9.74. The number of pyridine rings is 2. The Morgan fingerprint density at radius 2 is 2.15 bits per heavy atom. The number of carbonyl (C=O) groups is 1. The first-order valence-electron chi connectivity index (χ1n) is 6.55. The molecule has 1 N–H and O–H groups in total. The van der Waals surface area contributed by atoms with Crippen LogP contribution in [0.25, 0.3) is 0 Å². The van der Waals surface area contributed by atoms with E-state index in [9.17, 15) is 9.18 Å². The fourth-order valence-electron chi connectivity index (χ4n) is 2.08. The summed E-state index contributed by atoms with van der Waals surface area (Å²) < 4.78 is 13.4. The third kappa shape index (κ3) is 2.82. The number of carbonyl (C=O) groups excluding carboxylic acids is 1. The van der Waals surface area contributed by atoms with Crippen LogP contribution in [0.2, 0.25) is 0 Å². The van der Waals surface area contributed by atoms with Crippen molar-refractivity contribution >= 4 is 5.91 Å². The molecule has 1 fully saturated rings. The summed E-state index contributed by atoms with van der Waals surface area (Å²) in [7, 11) is 0. The van der Waals surface area contributed by atoms with Gasteiger partial charge in [-0.25, -0.2) is 4.39 Å². The molecule has 0 unspecified atom stereocenters. The molecule has 0 saturated heterocycles. The molecule has 3 rings (SSSR count). The minimum Gasteiger partial charge on any atom is -0.348 e. The quantitative estimate of drug-likeness (QED) is 0.929. The van der Waals surface area contributed by atoms with Gasteiger partial charge in [-0.05, 0) is 36.0 Å². The average molecular weight is 271 g/mol. The van der Waals surface area contributed by atoms with Gasteiger partial charge in [0, 0.05) is 25.1 Å². The topological polar surface area (TPSA) is 54.9 Å². The van der Waals surface area contributed by atoms with Gasteiger partial charge >= 0.3 is 0 Å². The molecule has 2 heterocycles. The van der Waals surface area contributed by atoms with Crippen LogP contribution in [-0.4, -0.2) is 15.9 Å². The van der Waals surface area contributed by atoms with E-state index in [1.807, 2.05) is 12.3 Å². The lowest BCUT2D eigenvalue weighted by Crippen LogP contribution is -2.24. The van der Waals surface area contributed by atoms with Gasteiger partial charge in [0.1, 0.15) is 0 Å². The SMILES string of the molecule is O=C(NCc1cncc(C2CC2)c1)c1ccncc1F. The van der Waals surface area contributed by atoms with Crippen LogP contribution in [0.15, 0.2) is 36.9 Å². The number of aromatic nitrogens is 2. The predicted octanol–water partition coefficient (Wildman–Crippen LogP) is 2.42. The number of hydrogen-bond acceptors (Lipinski definition) is 3. The molecule has 1 amide bonds. The highest BCUT2D eigenvalue weighted by Crippen LogP contribution is 2.39. The van der Waals surface area contributed by atoms with E-state index in [0.717, 1.165) is 11.8 Å². The molecule has 102 valence electrons. The number of hydrogen-bond donors (Lipinski definition) is 1. The third-order valence-electron chi connectivity index (χ3n) is 3.33. The van der Waals surface area contributed by atoms with Crippen molar-refractivity contribution in [3.8, 4) is 0 Å². The molecular weight excluding hydrogens is 257 g/mol. The molecule has 20 heavy (non-hydrogen) atoms. The zero-order valence-electron chi connectivity index (χ0n) is 10.8. The smallest absolute Gasteiger partial charge is 0.254 e. The molecular formula is C15H14FN3O. The molecule has 2 aromatic heterocycles. The van der Waals surface area contributed by atoms with Crippen LogP contribution in [0, 0.1) is 5.82 Å². The number of halogens is 1. The Bertz CT molecular complexity index is 641. The van der Waals surface area contributed by atoms with Crippen LogP contribution < -0.4 is 5.32 Å². The van der Waals surface area contributed by atoms with Gasteiger partial charge in [-0.2, -0.15) is 0 Å². The highest BCUT2D eigenvalue weighted by molar-refractivity contribution is 5.94. The van der Waals surface area contributed by atoms with E-state index >= 15 is 0 Å². The zero-order chi connectivity index (χ0) is 13.9. The molecule has 0 aromatic carbocycles. The van der Waals surface area contributed by atoms with Crippen molar-refractivity contribution in [1.82, 2.24) is 15.3 Å². The molecule has 1 saturated carbocycles. The van der Waals surface area contributed by atoms with Gasteiger partial charge in [0.15, 0.2) is 5.82 Å². The van der Waals surface area contributed by atoms with Crippen molar-refractivity contribution in [1.29, 1.82) is 0 Å². The van der Waals surface area contributed by atoms with Gasteiger partial charge in [-0.1, -0.05) is 6.07 Å². The maximum Gasteiger partial charge on any atom is 0.254 e.